The standard InChI is InChI=1S/C35H47F3N4O6/c1-20(43)28-23(18-35(36,37)38)27-19-42(28)31(44)29(33(2,3)4)41-32(45)48-34(5)16-10-12-21(34)11-8-7-9-13-25-30(47-27)40-26-17-22(46-6)14-15-24(26)39-25/h14-15,17,21,23,27-29H,7-13,16,18-19H2,1-6H3,(H,41,45)/t21-,23-,27+,28-,29-,34-/m1/s1. The van der Waals surface area contributed by atoms with Crippen LogP contribution in [-0.2, 0) is 20.7 Å². The zero-order valence-corrected chi connectivity index (χ0v) is 28.6. The molecule has 1 aromatic heterocycles. The Bertz CT molecular complexity index is 1530. The second-order valence-electron chi connectivity index (χ2n) is 14.8. The van der Waals surface area contributed by atoms with Crippen LogP contribution in [-0.4, -0.2) is 76.3 Å². The Kier molecular flexibility index (Phi) is 10.2. The maximum Gasteiger partial charge on any atom is 0.408 e. The fourth-order valence-electron chi connectivity index (χ4n) is 7.67. The Hall–Kier alpha value is -3.64. The molecule has 1 N–H and O–H groups in total. The number of carbonyl (C=O) groups excluding carboxylic acids is 3. The molecule has 3 aliphatic rings. The highest BCUT2D eigenvalue weighted by Crippen LogP contribution is 2.43. The van der Waals surface area contributed by atoms with Crippen LogP contribution in [0.25, 0.3) is 11.0 Å². The minimum atomic E-state index is -4.65. The summed E-state index contributed by atoms with van der Waals surface area (Å²) in [4.78, 5) is 51.6. The normalized spacial score (nSPS) is 29.2. The molecule has 13 heteroatoms. The number of nitrogens with one attached hydrogen (secondary N) is 1. The van der Waals surface area contributed by atoms with E-state index in [9.17, 15) is 27.6 Å². The molecular formula is C35H47F3N4O6. The molecule has 1 aliphatic carbocycles. The smallest absolute Gasteiger partial charge is 0.408 e. The van der Waals surface area contributed by atoms with Crippen molar-refractivity contribution in [1.82, 2.24) is 20.2 Å². The van der Waals surface area contributed by atoms with Gasteiger partial charge in [0, 0.05) is 12.0 Å². The van der Waals surface area contributed by atoms with Gasteiger partial charge in [0.15, 0.2) is 5.78 Å². The zero-order valence-electron chi connectivity index (χ0n) is 28.6. The number of ketones is 1. The average molecular weight is 677 g/mol. The number of aromatic nitrogens is 2. The number of hydrogen-bond acceptors (Lipinski definition) is 8. The highest BCUT2D eigenvalue weighted by molar-refractivity contribution is 5.92. The summed E-state index contributed by atoms with van der Waals surface area (Å²) < 4.78 is 60.1. The van der Waals surface area contributed by atoms with E-state index in [4.69, 9.17) is 24.2 Å². The van der Waals surface area contributed by atoms with E-state index in [0.717, 1.165) is 43.4 Å². The van der Waals surface area contributed by atoms with Crippen LogP contribution in [0.5, 0.6) is 11.6 Å². The van der Waals surface area contributed by atoms with Crippen molar-refractivity contribution in [3.8, 4) is 11.6 Å². The number of benzene rings is 1. The average Bonchev–Trinajstić information content (AvgIpc) is 3.52. The van der Waals surface area contributed by atoms with Gasteiger partial charge in [-0.1, -0.05) is 33.6 Å². The summed E-state index contributed by atoms with van der Waals surface area (Å²) in [5.41, 5.74) is -0.0708. The van der Waals surface area contributed by atoms with Gasteiger partial charge in [-0.05, 0) is 75.8 Å². The van der Waals surface area contributed by atoms with Gasteiger partial charge in [0.1, 0.15) is 29.2 Å². The first-order valence-electron chi connectivity index (χ1n) is 16.9. The molecule has 48 heavy (non-hydrogen) atoms. The number of methoxy groups -OCH3 is 1. The molecule has 3 heterocycles. The highest BCUT2D eigenvalue weighted by Gasteiger charge is 2.54. The Morgan fingerprint density at radius 3 is 2.48 bits per heavy atom. The molecule has 5 rings (SSSR count). The molecule has 264 valence electrons. The Morgan fingerprint density at radius 1 is 1.08 bits per heavy atom. The molecule has 10 nitrogen and oxygen atoms in total. The Labute approximate surface area is 279 Å². The van der Waals surface area contributed by atoms with Crippen LogP contribution < -0.4 is 14.8 Å². The molecule has 0 spiro atoms. The summed E-state index contributed by atoms with van der Waals surface area (Å²) >= 11 is 0. The largest absolute Gasteiger partial charge is 0.497 e. The number of rotatable bonds is 3. The summed E-state index contributed by atoms with van der Waals surface area (Å²) in [6.45, 7) is 8.02. The van der Waals surface area contributed by atoms with Gasteiger partial charge >= 0.3 is 12.3 Å². The number of ether oxygens (including phenoxy) is 3. The third-order valence-corrected chi connectivity index (χ3v) is 10.2. The lowest BCUT2D eigenvalue weighted by Crippen LogP contribution is -2.58. The van der Waals surface area contributed by atoms with Crippen molar-refractivity contribution < 1.29 is 41.8 Å². The van der Waals surface area contributed by atoms with Crippen LogP contribution in [0.2, 0.25) is 0 Å². The van der Waals surface area contributed by atoms with E-state index in [1.165, 1.54) is 14.0 Å². The lowest BCUT2D eigenvalue weighted by Gasteiger charge is -2.37. The molecule has 2 amide bonds. The molecule has 0 radical (unpaired) electrons. The summed E-state index contributed by atoms with van der Waals surface area (Å²) in [5, 5.41) is 2.74. The van der Waals surface area contributed by atoms with Gasteiger partial charge in [0.2, 0.25) is 11.8 Å². The van der Waals surface area contributed by atoms with Crippen LogP contribution in [0.4, 0.5) is 18.0 Å². The zero-order chi connectivity index (χ0) is 35.0. The molecule has 1 saturated heterocycles. The molecule has 1 saturated carbocycles. The minimum absolute atomic E-state index is 0.0723. The van der Waals surface area contributed by atoms with Crippen molar-refractivity contribution in [2.45, 2.75) is 122 Å². The van der Waals surface area contributed by atoms with E-state index in [2.05, 4.69) is 5.32 Å². The van der Waals surface area contributed by atoms with E-state index in [1.54, 1.807) is 39.0 Å². The maximum absolute atomic E-state index is 14.3. The van der Waals surface area contributed by atoms with E-state index in [1.807, 2.05) is 6.92 Å². The topological polar surface area (TPSA) is 120 Å². The van der Waals surface area contributed by atoms with Crippen LogP contribution in [0, 0.1) is 17.3 Å². The Morgan fingerprint density at radius 2 is 1.81 bits per heavy atom. The second-order valence-corrected chi connectivity index (χ2v) is 14.8. The van der Waals surface area contributed by atoms with Gasteiger partial charge in [-0.25, -0.2) is 14.8 Å². The number of amides is 2. The van der Waals surface area contributed by atoms with E-state index in [-0.39, 0.29) is 18.3 Å². The van der Waals surface area contributed by atoms with E-state index < -0.39 is 65.5 Å². The van der Waals surface area contributed by atoms with Gasteiger partial charge in [-0.3, -0.25) is 9.59 Å². The molecule has 2 bridgehead atoms. The van der Waals surface area contributed by atoms with E-state index >= 15 is 0 Å². The van der Waals surface area contributed by atoms with Crippen molar-refractivity contribution in [2.75, 3.05) is 13.7 Å². The number of alkyl carbamates (subject to hydrolysis) is 1. The second kappa shape index (κ2) is 13.7. The first-order valence-corrected chi connectivity index (χ1v) is 16.9. The number of Topliss-reactive ketones (excluding diaryl/α,β-unsaturated/α-hetero) is 1. The third-order valence-electron chi connectivity index (χ3n) is 10.2. The van der Waals surface area contributed by atoms with E-state index in [0.29, 0.717) is 35.3 Å². The molecule has 2 aromatic rings. The van der Waals surface area contributed by atoms with Gasteiger partial charge in [-0.15, -0.1) is 0 Å². The number of alkyl halides is 3. The summed E-state index contributed by atoms with van der Waals surface area (Å²) in [5.74, 6) is -1.97. The van der Waals surface area contributed by atoms with Crippen molar-refractivity contribution in [1.29, 1.82) is 0 Å². The quantitative estimate of drug-likeness (QED) is 0.388. The van der Waals surface area contributed by atoms with Crippen molar-refractivity contribution in [3.05, 3.63) is 23.9 Å². The number of aryl methyl sites for hydroxylation is 1. The third kappa shape index (κ3) is 7.80. The minimum Gasteiger partial charge on any atom is -0.497 e. The molecular weight excluding hydrogens is 629 g/mol. The molecule has 6 atom stereocenters. The molecule has 1 aromatic carbocycles. The van der Waals surface area contributed by atoms with Crippen molar-refractivity contribution in [2.24, 2.45) is 17.3 Å². The lowest BCUT2D eigenvalue weighted by atomic mass is 9.85. The summed E-state index contributed by atoms with van der Waals surface area (Å²) in [6, 6.07) is 2.56. The Balaban J connectivity index is 1.60. The highest BCUT2D eigenvalue weighted by atomic mass is 19.4. The first kappa shape index (κ1) is 35.7. The number of carbonyl (C=O) groups is 3. The van der Waals surface area contributed by atoms with Crippen LogP contribution in [0.15, 0.2) is 18.2 Å². The predicted molar refractivity (Wildman–Crippen MR) is 172 cm³/mol. The fraction of sp³-hybridized carbons (Fsp3) is 0.686. The van der Waals surface area contributed by atoms with Gasteiger partial charge in [0.05, 0.1) is 37.2 Å². The van der Waals surface area contributed by atoms with Crippen molar-refractivity contribution >= 4 is 28.8 Å². The first-order chi connectivity index (χ1) is 22.5. The number of fused-ring (bicyclic) bond motifs is 5. The van der Waals surface area contributed by atoms with Crippen LogP contribution in [0.3, 0.4) is 0 Å². The van der Waals surface area contributed by atoms with Crippen molar-refractivity contribution in [3.63, 3.8) is 0 Å². The lowest BCUT2D eigenvalue weighted by molar-refractivity contribution is -0.155. The fourth-order valence-corrected chi connectivity index (χ4v) is 7.67. The number of hydrogen-bond donors (Lipinski definition) is 1. The van der Waals surface area contributed by atoms with Gasteiger partial charge in [-0.2, -0.15) is 13.2 Å². The molecule has 2 fully saturated rings. The van der Waals surface area contributed by atoms with Gasteiger partial charge < -0.3 is 24.4 Å². The molecule has 2 aliphatic heterocycles. The summed E-state index contributed by atoms with van der Waals surface area (Å²) in [7, 11) is 1.51. The summed E-state index contributed by atoms with van der Waals surface area (Å²) in [6.07, 6.45) is -1.71. The molecule has 0 unspecified atom stereocenters. The monoisotopic (exact) mass is 676 g/mol. The number of halogens is 3. The van der Waals surface area contributed by atoms with Crippen LogP contribution in [0.1, 0.15) is 91.7 Å². The van der Waals surface area contributed by atoms with Gasteiger partial charge in [0.25, 0.3) is 0 Å². The maximum atomic E-state index is 14.3. The van der Waals surface area contributed by atoms with Crippen LogP contribution >= 0.6 is 0 Å². The number of nitrogens with zero attached hydrogens (tertiary/aromatic N) is 3. The predicted octanol–water partition coefficient (Wildman–Crippen LogP) is 6.57. The SMILES string of the molecule is COc1ccc2nc3c(nc2c1)O[C@H]1CN(C(=O)[C@H](C(C)(C)C)NC(=O)O[C@]2(C)CCC[C@H]2CCCCC3)[C@H](C(C)=O)[C@@H]1CC(F)(F)F.